The zero-order valence-corrected chi connectivity index (χ0v) is 24.2. The topological polar surface area (TPSA) is 70.6 Å². The molecule has 0 saturated carbocycles. The van der Waals surface area contributed by atoms with E-state index in [4.69, 9.17) is 9.40 Å². The molecule has 1 fully saturated rings. The van der Waals surface area contributed by atoms with E-state index in [0.29, 0.717) is 13.1 Å². The molecule has 5 aromatic rings. The van der Waals surface area contributed by atoms with E-state index in [1.165, 1.54) is 5.56 Å². The van der Waals surface area contributed by atoms with E-state index in [0.717, 1.165) is 73.9 Å². The van der Waals surface area contributed by atoms with Gasteiger partial charge in [-0.25, -0.2) is 4.98 Å². The van der Waals surface area contributed by atoms with Crippen molar-refractivity contribution in [3.05, 3.63) is 114 Å². The van der Waals surface area contributed by atoms with Crippen molar-refractivity contribution in [3.63, 3.8) is 0 Å². The number of rotatable bonds is 10. The number of para-hydroxylation sites is 2. The number of benzene rings is 2. The lowest BCUT2D eigenvalue weighted by Crippen LogP contribution is -2.35. The molecule has 0 radical (unpaired) electrons. The highest BCUT2D eigenvalue weighted by Crippen LogP contribution is 2.26. The van der Waals surface area contributed by atoms with E-state index >= 15 is 0 Å². The second kappa shape index (κ2) is 13.0. The van der Waals surface area contributed by atoms with Crippen molar-refractivity contribution < 1.29 is 9.21 Å². The first kappa shape index (κ1) is 27.7. The fraction of sp³-hybridized carbons (Fsp3) is 0.324. The summed E-state index contributed by atoms with van der Waals surface area (Å²) in [6.07, 6.45) is 7.50. The van der Waals surface area contributed by atoms with Gasteiger partial charge in [-0.05, 0) is 74.0 Å². The van der Waals surface area contributed by atoms with Gasteiger partial charge < -0.3 is 23.7 Å². The summed E-state index contributed by atoms with van der Waals surface area (Å²) >= 11 is 0. The molecule has 0 spiro atoms. The maximum absolute atomic E-state index is 13.1. The molecule has 1 aliphatic heterocycles. The van der Waals surface area contributed by atoms with Crippen LogP contribution in [0.1, 0.15) is 40.4 Å². The van der Waals surface area contributed by atoms with Crippen LogP contribution in [0.5, 0.6) is 0 Å². The van der Waals surface area contributed by atoms with Crippen molar-refractivity contribution in [2.75, 3.05) is 51.2 Å². The Bertz CT molecular complexity index is 1570. The molecule has 1 atom stereocenters. The van der Waals surface area contributed by atoms with Crippen LogP contribution >= 0.6 is 0 Å². The molecule has 42 heavy (non-hydrogen) atoms. The summed E-state index contributed by atoms with van der Waals surface area (Å²) in [7, 11) is 1.90. The maximum Gasteiger partial charge on any atom is 0.253 e. The second-order valence-electron chi connectivity index (χ2n) is 11.1. The molecule has 4 heterocycles. The zero-order chi connectivity index (χ0) is 28.7. The second-order valence-corrected chi connectivity index (χ2v) is 11.1. The molecule has 1 amide bonds. The number of carbonyl (C=O) groups excluding carboxylic acids is 1. The standard InChI is InChI=1S/C34H38N6O2/c1-37(33(41)27-10-3-2-4-11-27)25-29(28-12-7-17-35-24-28)16-20-38-18-9-19-39(22-21-38)34-36-31-14-5-6-15-32(31)40(34)26-30-13-8-23-42-30/h2-8,10-15,17,23-24,29H,9,16,18-22,25-26H2,1H3. The average Bonchev–Trinajstić information content (AvgIpc) is 3.62. The zero-order valence-electron chi connectivity index (χ0n) is 24.2. The Morgan fingerprint density at radius 2 is 1.81 bits per heavy atom. The summed E-state index contributed by atoms with van der Waals surface area (Å²) in [6, 6.07) is 25.9. The summed E-state index contributed by atoms with van der Waals surface area (Å²) in [5.74, 6) is 2.18. The van der Waals surface area contributed by atoms with Gasteiger partial charge in [-0.3, -0.25) is 9.78 Å². The first-order chi connectivity index (χ1) is 20.7. The Hall–Kier alpha value is -4.43. The molecule has 6 rings (SSSR count). The van der Waals surface area contributed by atoms with Crippen LogP contribution in [-0.2, 0) is 6.54 Å². The number of imidazole rings is 1. The van der Waals surface area contributed by atoms with E-state index in [9.17, 15) is 4.79 Å². The van der Waals surface area contributed by atoms with Crippen LogP contribution < -0.4 is 4.90 Å². The number of hydrogen-bond donors (Lipinski definition) is 0. The summed E-state index contributed by atoms with van der Waals surface area (Å²) in [6.45, 7) is 6.13. The molecule has 3 aromatic heterocycles. The first-order valence-electron chi connectivity index (χ1n) is 14.8. The number of fused-ring (bicyclic) bond motifs is 1. The lowest BCUT2D eigenvalue weighted by Gasteiger charge is -2.28. The molecule has 1 saturated heterocycles. The van der Waals surface area contributed by atoms with E-state index in [1.807, 2.05) is 78.9 Å². The van der Waals surface area contributed by atoms with Gasteiger partial charge in [-0.15, -0.1) is 0 Å². The van der Waals surface area contributed by atoms with Crippen molar-refractivity contribution in [1.82, 2.24) is 24.3 Å². The molecule has 0 N–H and O–H groups in total. The Balaban J connectivity index is 1.13. The Morgan fingerprint density at radius 3 is 2.62 bits per heavy atom. The van der Waals surface area contributed by atoms with Gasteiger partial charge in [-0.2, -0.15) is 0 Å². The minimum atomic E-state index is 0.0485. The number of hydrogen-bond acceptors (Lipinski definition) is 6. The lowest BCUT2D eigenvalue weighted by atomic mass is 9.96. The first-order valence-corrected chi connectivity index (χ1v) is 14.8. The van der Waals surface area contributed by atoms with Gasteiger partial charge in [0.25, 0.3) is 5.91 Å². The number of anilines is 1. The maximum atomic E-state index is 13.1. The fourth-order valence-corrected chi connectivity index (χ4v) is 5.95. The fourth-order valence-electron chi connectivity index (χ4n) is 5.95. The van der Waals surface area contributed by atoms with Crippen LogP contribution in [0.3, 0.4) is 0 Å². The van der Waals surface area contributed by atoms with Gasteiger partial charge in [0.15, 0.2) is 0 Å². The van der Waals surface area contributed by atoms with Gasteiger partial charge >= 0.3 is 0 Å². The van der Waals surface area contributed by atoms with Crippen LogP contribution in [0.4, 0.5) is 5.95 Å². The predicted molar refractivity (Wildman–Crippen MR) is 166 cm³/mol. The number of likely N-dealkylation sites (N-methyl/N-ethyl adjacent to an activating group) is 1. The van der Waals surface area contributed by atoms with Crippen LogP contribution in [0.15, 0.2) is 102 Å². The normalized spacial score (nSPS) is 15.0. The molecule has 8 nitrogen and oxygen atoms in total. The highest BCUT2D eigenvalue weighted by atomic mass is 16.3. The Kier molecular flexibility index (Phi) is 8.61. The monoisotopic (exact) mass is 562 g/mol. The summed E-state index contributed by atoms with van der Waals surface area (Å²) in [5, 5.41) is 0. The average molecular weight is 563 g/mol. The minimum Gasteiger partial charge on any atom is -0.467 e. The van der Waals surface area contributed by atoms with E-state index in [1.54, 1.807) is 6.26 Å². The molecule has 0 bridgehead atoms. The predicted octanol–water partition coefficient (Wildman–Crippen LogP) is 5.53. The van der Waals surface area contributed by atoms with Crippen molar-refractivity contribution in [3.8, 4) is 0 Å². The molecule has 1 aliphatic rings. The Labute approximate surface area is 247 Å². The smallest absolute Gasteiger partial charge is 0.253 e. The van der Waals surface area contributed by atoms with E-state index < -0.39 is 0 Å². The van der Waals surface area contributed by atoms with Crippen LogP contribution in [0, 0.1) is 0 Å². The Morgan fingerprint density at radius 1 is 0.952 bits per heavy atom. The number of carbonyl (C=O) groups is 1. The molecule has 0 aliphatic carbocycles. The van der Waals surface area contributed by atoms with Gasteiger partial charge in [0.05, 0.1) is 23.8 Å². The number of nitrogens with zero attached hydrogens (tertiary/aromatic N) is 6. The number of furan rings is 1. The van der Waals surface area contributed by atoms with Crippen LogP contribution in [0.25, 0.3) is 11.0 Å². The molecule has 8 heteroatoms. The van der Waals surface area contributed by atoms with Gasteiger partial charge in [0.1, 0.15) is 5.76 Å². The number of pyridine rings is 1. The minimum absolute atomic E-state index is 0.0485. The summed E-state index contributed by atoms with van der Waals surface area (Å²) < 4.78 is 7.97. The molecule has 216 valence electrons. The highest BCUT2D eigenvalue weighted by molar-refractivity contribution is 5.94. The van der Waals surface area contributed by atoms with Crippen molar-refractivity contribution >= 4 is 22.9 Å². The molecule has 1 unspecified atom stereocenters. The highest BCUT2D eigenvalue weighted by Gasteiger charge is 2.24. The van der Waals surface area contributed by atoms with Gasteiger partial charge in [0, 0.05) is 57.1 Å². The van der Waals surface area contributed by atoms with Crippen LogP contribution in [0.2, 0.25) is 0 Å². The number of aromatic nitrogens is 3. The third-order valence-electron chi connectivity index (χ3n) is 8.21. The molecule has 2 aromatic carbocycles. The molecular formula is C34H38N6O2. The SMILES string of the molecule is CN(CC(CCN1CCCN(c2nc3ccccc3n2Cc2ccco2)CC1)c1cccnc1)C(=O)c1ccccc1. The largest absolute Gasteiger partial charge is 0.467 e. The third kappa shape index (κ3) is 6.39. The van der Waals surface area contributed by atoms with Crippen LogP contribution in [-0.4, -0.2) is 76.6 Å². The molecular weight excluding hydrogens is 524 g/mol. The van der Waals surface area contributed by atoms with Crippen molar-refractivity contribution in [1.29, 1.82) is 0 Å². The van der Waals surface area contributed by atoms with Gasteiger partial charge in [0.2, 0.25) is 5.95 Å². The number of amides is 1. The quantitative estimate of drug-likeness (QED) is 0.223. The summed E-state index contributed by atoms with van der Waals surface area (Å²) in [4.78, 5) is 29.4. The third-order valence-corrected chi connectivity index (χ3v) is 8.21. The van der Waals surface area contributed by atoms with E-state index in [-0.39, 0.29) is 11.8 Å². The van der Waals surface area contributed by atoms with Crippen molar-refractivity contribution in [2.24, 2.45) is 0 Å². The van der Waals surface area contributed by atoms with Gasteiger partial charge in [-0.1, -0.05) is 36.4 Å². The summed E-state index contributed by atoms with van der Waals surface area (Å²) in [5.41, 5.74) is 4.02. The lowest BCUT2D eigenvalue weighted by molar-refractivity contribution is 0.0782. The van der Waals surface area contributed by atoms with E-state index in [2.05, 4.69) is 43.6 Å². The van der Waals surface area contributed by atoms with Crippen molar-refractivity contribution in [2.45, 2.75) is 25.3 Å².